The molecule has 0 radical (unpaired) electrons. The van der Waals surface area contributed by atoms with Crippen molar-refractivity contribution >= 4 is 23.2 Å². The van der Waals surface area contributed by atoms with Crippen LogP contribution in [-0.4, -0.2) is 24.1 Å². The first kappa shape index (κ1) is 21.2. The highest BCUT2D eigenvalue weighted by Gasteiger charge is 2.10. The van der Waals surface area contributed by atoms with E-state index in [1.807, 2.05) is 58.0 Å². The van der Waals surface area contributed by atoms with Crippen LogP contribution in [0.4, 0.5) is 5.69 Å². The molecule has 0 fully saturated rings. The Hall–Kier alpha value is -3.15. The van der Waals surface area contributed by atoms with Crippen LogP contribution in [-0.2, 0) is 9.59 Å². The number of ether oxygens (including phenoxy) is 1. The van der Waals surface area contributed by atoms with Gasteiger partial charge in [-0.05, 0) is 63.4 Å². The molecule has 2 aromatic rings. The highest BCUT2D eigenvalue weighted by Crippen LogP contribution is 2.22. The van der Waals surface area contributed by atoms with Gasteiger partial charge in [0.15, 0.2) is 6.61 Å². The SMILES string of the molecule is C/C(CC(=O)Nc1c(C)cc(C)cc1C)=N\NC(=O)COc1cccc(C)c1. The van der Waals surface area contributed by atoms with Crippen LogP contribution in [0, 0.1) is 27.7 Å². The van der Waals surface area contributed by atoms with E-state index in [1.54, 1.807) is 13.0 Å². The summed E-state index contributed by atoms with van der Waals surface area (Å²) in [5.41, 5.74) is 7.97. The summed E-state index contributed by atoms with van der Waals surface area (Å²) in [6, 6.07) is 11.5. The van der Waals surface area contributed by atoms with Gasteiger partial charge in [0.2, 0.25) is 5.91 Å². The zero-order chi connectivity index (χ0) is 20.7. The summed E-state index contributed by atoms with van der Waals surface area (Å²) in [5.74, 6) is 0.0621. The van der Waals surface area contributed by atoms with Gasteiger partial charge >= 0.3 is 0 Å². The van der Waals surface area contributed by atoms with Gasteiger partial charge in [0.1, 0.15) is 5.75 Å². The minimum Gasteiger partial charge on any atom is -0.484 e. The molecular formula is C22H27N3O3. The van der Waals surface area contributed by atoms with Crippen LogP contribution < -0.4 is 15.5 Å². The monoisotopic (exact) mass is 381 g/mol. The van der Waals surface area contributed by atoms with Gasteiger partial charge in [0, 0.05) is 11.4 Å². The van der Waals surface area contributed by atoms with Crippen LogP contribution in [0.5, 0.6) is 5.75 Å². The first-order chi connectivity index (χ1) is 13.2. The third-order valence-corrected chi connectivity index (χ3v) is 4.09. The van der Waals surface area contributed by atoms with Crippen molar-refractivity contribution in [2.75, 3.05) is 11.9 Å². The first-order valence-electron chi connectivity index (χ1n) is 9.13. The lowest BCUT2D eigenvalue weighted by Gasteiger charge is -2.12. The third kappa shape index (κ3) is 6.54. The molecule has 0 aliphatic heterocycles. The number of hydrogen-bond donors (Lipinski definition) is 2. The van der Waals surface area contributed by atoms with E-state index >= 15 is 0 Å². The van der Waals surface area contributed by atoms with Gasteiger partial charge in [-0.3, -0.25) is 9.59 Å². The first-order valence-corrected chi connectivity index (χ1v) is 9.13. The standard InChI is InChI=1S/C22H27N3O3/c1-14-7-6-8-19(11-14)28-13-21(27)25-24-18(5)12-20(26)23-22-16(3)9-15(2)10-17(22)4/h6-11H,12-13H2,1-5H3,(H,23,26)(H,25,27)/b24-18+. The Morgan fingerprint density at radius 1 is 0.964 bits per heavy atom. The Bertz CT molecular complexity index is 881. The van der Waals surface area contributed by atoms with Crippen LogP contribution in [0.25, 0.3) is 0 Å². The van der Waals surface area contributed by atoms with Crippen molar-refractivity contribution in [1.29, 1.82) is 0 Å². The predicted octanol–water partition coefficient (Wildman–Crippen LogP) is 3.82. The summed E-state index contributed by atoms with van der Waals surface area (Å²) in [5, 5.41) is 6.89. The highest BCUT2D eigenvalue weighted by molar-refractivity contribution is 6.06. The average molecular weight is 381 g/mol. The fourth-order valence-corrected chi connectivity index (χ4v) is 2.88. The lowest BCUT2D eigenvalue weighted by atomic mass is 10.0. The molecule has 2 N–H and O–H groups in total. The molecule has 0 aliphatic carbocycles. The van der Waals surface area contributed by atoms with Gasteiger partial charge in [0.05, 0.1) is 6.42 Å². The number of nitrogens with one attached hydrogen (secondary N) is 2. The molecule has 0 heterocycles. The topological polar surface area (TPSA) is 79.8 Å². The number of rotatable bonds is 7. The van der Waals surface area contributed by atoms with E-state index in [-0.39, 0.29) is 24.8 Å². The Labute approximate surface area is 166 Å². The maximum absolute atomic E-state index is 12.3. The van der Waals surface area contributed by atoms with Gasteiger partial charge < -0.3 is 10.1 Å². The van der Waals surface area contributed by atoms with Crippen LogP contribution in [0.1, 0.15) is 35.6 Å². The van der Waals surface area contributed by atoms with E-state index in [1.165, 1.54) is 0 Å². The van der Waals surface area contributed by atoms with Crippen molar-refractivity contribution in [3.8, 4) is 5.75 Å². The predicted molar refractivity (Wildman–Crippen MR) is 112 cm³/mol. The molecule has 0 aliphatic rings. The maximum Gasteiger partial charge on any atom is 0.277 e. The summed E-state index contributed by atoms with van der Waals surface area (Å²) in [7, 11) is 0. The number of hydrazone groups is 1. The quantitative estimate of drug-likeness (QED) is 0.565. The number of carbonyl (C=O) groups excluding carboxylic acids is 2. The van der Waals surface area contributed by atoms with E-state index < -0.39 is 0 Å². The van der Waals surface area contributed by atoms with Crippen molar-refractivity contribution in [3.05, 3.63) is 58.7 Å². The molecule has 28 heavy (non-hydrogen) atoms. The van der Waals surface area contributed by atoms with E-state index in [9.17, 15) is 9.59 Å². The lowest BCUT2D eigenvalue weighted by molar-refractivity contribution is -0.123. The second-order valence-electron chi connectivity index (χ2n) is 6.99. The van der Waals surface area contributed by atoms with Gasteiger partial charge in [-0.2, -0.15) is 5.10 Å². The molecule has 0 saturated carbocycles. The van der Waals surface area contributed by atoms with Gasteiger partial charge in [0.25, 0.3) is 5.91 Å². The number of anilines is 1. The largest absolute Gasteiger partial charge is 0.484 e. The summed E-state index contributed by atoms with van der Waals surface area (Å²) < 4.78 is 5.42. The van der Waals surface area contributed by atoms with Gasteiger partial charge in [-0.25, -0.2) is 5.43 Å². The van der Waals surface area contributed by atoms with Crippen LogP contribution >= 0.6 is 0 Å². The fourth-order valence-electron chi connectivity index (χ4n) is 2.88. The number of nitrogens with zero attached hydrogens (tertiary/aromatic N) is 1. The van der Waals surface area contributed by atoms with Crippen LogP contribution in [0.2, 0.25) is 0 Å². The van der Waals surface area contributed by atoms with Crippen molar-refractivity contribution in [2.45, 2.75) is 41.0 Å². The summed E-state index contributed by atoms with van der Waals surface area (Å²) >= 11 is 0. The molecular weight excluding hydrogens is 354 g/mol. The zero-order valence-electron chi connectivity index (χ0n) is 17.1. The molecule has 6 heteroatoms. The van der Waals surface area contributed by atoms with Gasteiger partial charge in [-0.1, -0.05) is 29.8 Å². The molecule has 6 nitrogen and oxygen atoms in total. The summed E-state index contributed by atoms with van der Waals surface area (Å²) in [4.78, 5) is 24.1. The Balaban J connectivity index is 1.83. The number of carbonyl (C=O) groups is 2. The van der Waals surface area contributed by atoms with Crippen LogP contribution in [0.15, 0.2) is 41.5 Å². The molecule has 0 spiro atoms. The molecule has 0 atom stereocenters. The molecule has 2 aromatic carbocycles. The molecule has 148 valence electrons. The molecule has 2 amide bonds. The van der Waals surface area contributed by atoms with Crippen molar-refractivity contribution in [2.24, 2.45) is 5.10 Å². The number of aryl methyl sites for hydroxylation is 4. The van der Waals surface area contributed by atoms with E-state index in [0.29, 0.717) is 11.5 Å². The minimum atomic E-state index is -0.383. The smallest absolute Gasteiger partial charge is 0.277 e. The van der Waals surface area contributed by atoms with E-state index in [0.717, 1.165) is 27.9 Å². The summed E-state index contributed by atoms with van der Waals surface area (Å²) in [6.45, 7) is 9.44. The maximum atomic E-state index is 12.3. The second kappa shape index (κ2) is 9.69. The van der Waals surface area contributed by atoms with Crippen molar-refractivity contribution in [1.82, 2.24) is 5.43 Å². The molecule has 0 aromatic heterocycles. The number of hydrogen-bond acceptors (Lipinski definition) is 4. The Kier molecular flexibility index (Phi) is 7.32. The van der Waals surface area contributed by atoms with E-state index in [4.69, 9.17) is 4.74 Å². The average Bonchev–Trinajstić information content (AvgIpc) is 2.61. The highest BCUT2D eigenvalue weighted by atomic mass is 16.5. The Morgan fingerprint density at radius 3 is 2.29 bits per heavy atom. The lowest BCUT2D eigenvalue weighted by Crippen LogP contribution is -2.26. The van der Waals surface area contributed by atoms with Gasteiger partial charge in [-0.15, -0.1) is 0 Å². The molecule has 0 saturated heterocycles. The number of amides is 2. The van der Waals surface area contributed by atoms with Crippen LogP contribution in [0.3, 0.4) is 0 Å². The minimum absolute atomic E-state index is 0.0891. The molecule has 0 unspecified atom stereocenters. The Morgan fingerprint density at radius 2 is 1.64 bits per heavy atom. The van der Waals surface area contributed by atoms with Crippen molar-refractivity contribution in [3.63, 3.8) is 0 Å². The number of benzene rings is 2. The second-order valence-corrected chi connectivity index (χ2v) is 6.99. The van der Waals surface area contributed by atoms with E-state index in [2.05, 4.69) is 15.8 Å². The van der Waals surface area contributed by atoms with Crippen molar-refractivity contribution < 1.29 is 14.3 Å². The third-order valence-electron chi connectivity index (χ3n) is 4.09. The zero-order valence-corrected chi connectivity index (χ0v) is 17.1. The molecule has 0 bridgehead atoms. The summed E-state index contributed by atoms with van der Waals surface area (Å²) in [6.07, 6.45) is 0.0891. The normalized spacial score (nSPS) is 11.1. The fraction of sp³-hybridized carbons (Fsp3) is 0.318. The molecule has 2 rings (SSSR count).